The lowest BCUT2D eigenvalue weighted by molar-refractivity contribution is 0.0300. The van der Waals surface area contributed by atoms with Gasteiger partial charge in [-0.05, 0) is 122 Å². The van der Waals surface area contributed by atoms with Crippen molar-refractivity contribution in [1.82, 2.24) is 0 Å². The van der Waals surface area contributed by atoms with Crippen LogP contribution in [0.3, 0.4) is 0 Å². The van der Waals surface area contributed by atoms with Crippen LogP contribution in [-0.4, -0.2) is 32.3 Å². The van der Waals surface area contributed by atoms with Gasteiger partial charge in [0.25, 0.3) is 0 Å². The minimum atomic E-state index is -1.68. The summed E-state index contributed by atoms with van der Waals surface area (Å²) in [6, 6.07) is 28.2. The largest absolute Gasteiger partial charge is 0.494 e. The van der Waals surface area contributed by atoms with Crippen molar-refractivity contribution < 1.29 is 19.0 Å². The van der Waals surface area contributed by atoms with Crippen LogP contribution in [0.2, 0.25) is 20.1 Å². The standard InChI is InChI=1S/C48H48Cl4N2O4/c1-7-23-53-39-25-29(5)11-21-35(39)37(31-13-17-33(18-14-31)56-9-3)27-48(42-41(47(55)58-48)43(49)45(51)46(52)44(42)50)28-38(32-15-19-34(20-16-32)57-10-4)36-22-12-30(6)26-40(36)54-24-8-2/h11-22,25-28,53-54H,7-10,23-24H2,1-6H3. The van der Waals surface area contributed by atoms with E-state index in [1.54, 1.807) is 0 Å². The number of esters is 1. The number of hydrogen-bond acceptors (Lipinski definition) is 6. The molecule has 0 fully saturated rings. The molecule has 0 amide bonds. The van der Waals surface area contributed by atoms with E-state index in [-0.39, 0.29) is 31.2 Å². The zero-order valence-corrected chi connectivity index (χ0v) is 36.6. The molecule has 10 heteroatoms. The Kier molecular flexibility index (Phi) is 14.1. The molecule has 0 atom stereocenters. The van der Waals surface area contributed by atoms with Gasteiger partial charge in [0.05, 0.1) is 38.9 Å². The van der Waals surface area contributed by atoms with E-state index in [0.717, 1.165) is 93.3 Å². The van der Waals surface area contributed by atoms with Crippen LogP contribution in [0, 0.1) is 13.8 Å². The number of carbonyl (C=O) groups is 1. The van der Waals surface area contributed by atoms with Gasteiger partial charge in [0.2, 0.25) is 0 Å². The van der Waals surface area contributed by atoms with Gasteiger partial charge in [0.1, 0.15) is 11.5 Å². The summed E-state index contributed by atoms with van der Waals surface area (Å²) < 4.78 is 18.4. The fraction of sp³-hybridized carbons (Fsp3) is 0.271. The van der Waals surface area contributed by atoms with Crippen LogP contribution in [0.25, 0.3) is 11.1 Å². The van der Waals surface area contributed by atoms with E-state index in [1.807, 2.05) is 74.5 Å². The molecule has 58 heavy (non-hydrogen) atoms. The predicted molar refractivity (Wildman–Crippen MR) is 243 cm³/mol. The van der Waals surface area contributed by atoms with Crippen molar-refractivity contribution in [3.63, 3.8) is 0 Å². The van der Waals surface area contributed by atoms with Crippen molar-refractivity contribution >= 4 is 74.9 Å². The lowest BCUT2D eigenvalue weighted by atomic mass is 9.82. The molecule has 0 radical (unpaired) electrons. The van der Waals surface area contributed by atoms with Gasteiger partial charge in [0, 0.05) is 41.2 Å². The number of rotatable bonds is 16. The predicted octanol–water partition coefficient (Wildman–Crippen LogP) is 14.0. The first-order chi connectivity index (χ1) is 27.9. The number of benzene rings is 5. The van der Waals surface area contributed by atoms with Crippen molar-refractivity contribution in [1.29, 1.82) is 0 Å². The number of cyclic esters (lactones) is 1. The van der Waals surface area contributed by atoms with E-state index in [2.05, 4.69) is 74.7 Å². The zero-order valence-electron chi connectivity index (χ0n) is 33.6. The first kappa shape index (κ1) is 43.0. The van der Waals surface area contributed by atoms with Gasteiger partial charge in [0.15, 0.2) is 5.60 Å². The molecule has 302 valence electrons. The first-order valence-corrected chi connectivity index (χ1v) is 21.2. The van der Waals surface area contributed by atoms with Crippen LogP contribution in [-0.2, 0) is 10.3 Å². The number of carbonyl (C=O) groups excluding carboxylic acids is 1. The summed E-state index contributed by atoms with van der Waals surface area (Å²) in [6.45, 7) is 14.8. The van der Waals surface area contributed by atoms with Gasteiger partial charge in [-0.3, -0.25) is 0 Å². The normalized spacial score (nSPS) is 15.2. The average Bonchev–Trinajstić information content (AvgIpc) is 3.51. The molecule has 6 rings (SSSR count). The van der Waals surface area contributed by atoms with E-state index in [1.165, 1.54) is 0 Å². The molecule has 0 unspecified atom stereocenters. The second kappa shape index (κ2) is 19.0. The molecule has 0 bridgehead atoms. The van der Waals surface area contributed by atoms with Crippen molar-refractivity contribution in [2.75, 3.05) is 36.9 Å². The van der Waals surface area contributed by atoms with Gasteiger partial charge in [-0.2, -0.15) is 0 Å². The maximum absolute atomic E-state index is 14.4. The molecule has 5 aromatic rings. The number of anilines is 2. The lowest BCUT2D eigenvalue weighted by Crippen LogP contribution is -2.23. The fourth-order valence-electron chi connectivity index (χ4n) is 7.15. The van der Waals surface area contributed by atoms with Crippen LogP contribution in [0.4, 0.5) is 11.4 Å². The quantitative estimate of drug-likeness (QED) is 0.0585. The van der Waals surface area contributed by atoms with E-state index >= 15 is 0 Å². The minimum Gasteiger partial charge on any atom is -0.494 e. The van der Waals surface area contributed by atoms with Crippen LogP contribution in [0.15, 0.2) is 97.1 Å². The second-order valence-corrected chi connectivity index (χ2v) is 15.7. The maximum Gasteiger partial charge on any atom is 0.341 e. The number of ether oxygens (including phenoxy) is 3. The van der Waals surface area contributed by atoms with Gasteiger partial charge in [-0.1, -0.05) is 109 Å². The van der Waals surface area contributed by atoms with Crippen molar-refractivity contribution in [2.45, 2.75) is 60.0 Å². The molecule has 0 aliphatic carbocycles. The van der Waals surface area contributed by atoms with Crippen LogP contribution < -0.4 is 20.1 Å². The molecular weight excluding hydrogens is 810 g/mol. The summed E-state index contributed by atoms with van der Waals surface area (Å²) in [4.78, 5) is 14.4. The Morgan fingerprint density at radius 3 is 1.47 bits per heavy atom. The third-order valence-electron chi connectivity index (χ3n) is 9.86. The molecule has 2 N–H and O–H groups in total. The minimum absolute atomic E-state index is 0.0167. The molecule has 1 heterocycles. The molecule has 1 aliphatic heterocycles. The summed E-state index contributed by atoms with van der Waals surface area (Å²) in [5.41, 5.74) is 7.63. The smallest absolute Gasteiger partial charge is 0.341 e. The Morgan fingerprint density at radius 1 is 0.621 bits per heavy atom. The van der Waals surface area contributed by atoms with Crippen LogP contribution >= 0.6 is 46.4 Å². The number of aryl methyl sites for hydroxylation is 2. The molecule has 5 aromatic carbocycles. The highest BCUT2D eigenvalue weighted by atomic mass is 35.5. The molecule has 0 aromatic heterocycles. The molecule has 0 saturated carbocycles. The second-order valence-electron chi connectivity index (χ2n) is 14.2. The third kappa shape index (κ3) is 9.01. The highest BCUT2D eigenvalue weighted by Gasteiger charge is 2.48. The van der Waals surface area contributed by atoms with Gasteiger partial charge in [-0.25, -0.2) is 4.79 Å². The molecule has 0 saturated heterocycles. The Morgan fingerprint density at radius 2 is 1.05 bits per heavy atom. The van der Waals surface area contributed by atoms with E-state index in [0.29, 0.717) is 13.2 Å². The molecular formula is C48H48Cl4N2O4. The third-order valence-corrected chi connectivity index (χ3v) is 11.7. The number of fused-ring (bicyclic) bond motifs is 1. The lowest BCUT2D eigenvalue weighted by Gasteiger charge is -2.28. The SMILES string of the molecule is CCCNc1cc(C)ccc1C(=CC1(C=C(c2ccc(OCC)cc2)c2ccc(C)cc2NCCC)OC(=O)c2c(Cl)c(Cl)c(Cl)c(Cl)c21)c1ccc(OCC)cc1. The summed E-state index contributed by atoms with van der Waals surface area (Å²) >= 11 is 27.7. The highest BCUT2D eigenvalue weighted by Crippen LogP contribution is 2.54. The Labute approximate surface area is 362 Å². The average molecular weight is 859 g/mol. The summed E-state index contributed by atoms with van der Waals surface area (Å²) in [7, 11) is 0. The maximum atomic E-state index is 14.4. The van der Waals surface area contributed by atoms with Crippen LogP contribution in [0.5, 0.6) is 11.5 Å². The highest BCUT2D eigenvalue weighted by molar-refractivity contribution is 6.53. The molecule has 1 aliphatic rings. The van der Waals surface area contributed by atoms with Gasteiger partial charge in [-0.15, -0.1) is 0 Å². The number of nitrogens with one attached hydrogen (secondary N) is 2. The zero-order chi connectivity index (χ0) is 41.6. The topological polar surface area (TPSA) is 68.8 Å². The van der Waals surface area contributed by atoms with Crippen molar-refractivity contribution in [3.8, 4) is 11.5 Å². The molecule has 6 nitrogen and oxygen atoms in total. The van der Waals surface area contributed by atoms with Crippen LogP contribution in [0.1, 0.15) is 89.8 Å². The van der Waals surface area contributed by atoms with Gasteiger partial charge >= 0.3 is 5.97 Å². The Balaban J connectivity index is 1.78. The fourth-order valence-corrected chi connectivity index (χ4v) is 8.22. The van der Waals surface area contributed by atoms with Crippen molar-refractivity contribution in [3.05, 3.63) is 162 Å². The number of hydrogen-bond donors (Lipinski definition) is 2. The first-order valence-electron chi connectivity index (χ1n) is 19.7. The van der Waals surface area contributed by atoms with E-state index in [9.17, 15) is 4.79 Å². The van der Waals surface area contributed by atoms with Crippen molar-refractivity contribution in [2.24, 2.45) is 0 Å². The Hall–Kier alpha value is -4.59. The van der Waals surface area contributed by atoms with E-state index < -0.39 is 11.6 Å². The van der Waals surface area contributed by atoms with E-state index in [4.69, 9.17) is 60.6 Å². The monoisotopic (exact) mass is 856 g/mol. The summed E-state index contributed by atoms with van der Waals surface area (Å²) in [5.74, 6) is 0.768. The summed E-state index contributed by atoms with van der Waals surface area (Å²) in [6.07, 6.45) is 5.72. The Bertz CT molecular complexity index is 2230. The van der Waals surface area contributed by atoms with Gasteiger partial charge < -0.3 is 24.8 Å². The number of halogens is 4. The molecule has 0 spiro atoms. The summed E-state index contributed by atoms with van der Waals surface area (Å²) in [5, 5.41) is 7.28.